The number of benzene rings is 2. The summed E-state index contributed by atoms with van der Waals surface area (Å²) in [6.45, 7) is 0.345. The molecule has 0 spiro atoms. The first-order chi connectivity index (χ1) is 12.1. The Bertz CT molecular complexity index is 823. The van der Waals surface area contributed by atoms with Gasteiger partial charge in [0.1, 0.15) is 6.42 Å². The fraction of sp³-hybridized carbons (Fsp3) is 0.105. The van der Waals surface area contributed by atoms with E-state index in [1.54, 1.807) is 36.4 Å². The van der Waals surface area contributed by atoms with Crippen molar-refractivity contribution in [1.29, 1.82) is 5.26 Å². The maximum Gasteiger partial charge on any atom is 0.248 e. The molecule has 2 aromatic rings. The first-order valence-corrected chi connectivity index (χ1v) is 8.33. The highest BCUT2D eigenvalue weighted by Gasteiger charge is 2.01. The maximum atomic E-state index is 11.9. The van der Waals surface area contributed by atoms with Gasteiger partial charge in [-0.2, -0.15) is 5.26 Å². The van der Waals surface area contributed by atoms with E-state index in [4.69, 9.17) is 5.26 Å². The molecule has 0 aliphatic heterocycles. The van der Waals surface area contributed by atoms with Gasteiger partial charge in [-0.3, -0.25) is 9.59 Å². The lowest BCUT2D eigenvalue weighted by atomic mass is 10.2. The van der Waals surface area contributed by atoms with Crippen LogP contribution in [0, 0.1) is 11.3 Å². The van der Waals surface area contributed by atoms with Crippen molar-refractivity contribution in [2.24, 2.45) is 0 Å². The lowest BCUT2D eigenvalue weighted by molar-refractivity contribution is -0.120. The molecule has 126 valence electrons. The predicted octanol–water partition coefficient (Wildman–Crippen LogP) is 3.63. The molecule has 0 unspecified atom stereocenters. The second-order valence-electron chi connectivity index (χ2n) is 5.19. The lowest BCUT2D eigenvalue weighted by Gasteiger charge is -2.06. The van der Waals surface area contributed by atoms with E-state index < -0.39 is 0 Å². The van der Waals surface area contributed by atoms with Crippen molar-refractivity contribution in [3.8, 4) is 6.07 Å². The number of hydrogen-bond donors (Lipinski definition) is 2. The molecular weight excluding hydrogens is 382 g/mol. The van der Waals surface area contributed by atoms with E-state index in [0.29, 0.717) is 12.2 Å². The molecule has 0 aliphatic rings. The Balaban J connectivity index is 1.87. The summed E-state index contributed by atoms with van der Waals surface area (Å²) >= 11 is 3.38. The van der Waals surface area contributed by atoms with Gasteiger partial charge in [0.2, 0.25) is 11.8 Å². The van der Waals surface area contributed by atoms with Crippen molar-refractivity contribution < 1.29 is 9.59 Å². The van der Waals surface area contributed by atoms with E-state index in [-0.39, 0.29) is 18.2 Å². The third kappa shape index (κ3) is 6.61. The Labute approximate surface area is 154 Å². The average molecular weight is 398 g/mol. The minimum Gasteiger partial charge on any atom is -0.351 e. The van der Waals surface area contributed by atoms with Crippen molar-refractivity contribution in [2.45, 2.75) is 13.0 Å². The number of nitriles is 1. The molecule has 0 fully saturated rings. The molecule has 0 saturated carbocycles. The summed E-state index contributed by atoms with van der Waals surface area (Å²) < 4.78 is 0.951. The molecule has 2 N–H and O–H groups in total. The Kier molecular flexibility index (Phi) is 6.93. The van der Waals surface area contributed by atoms with Crippen molar-refractivity contribution >= 4 is 39.5 Å². The van der Waals surface area contributed by atoms with Gasteiger partial charge in [-0.25, -0.2) is 0 Å². The minimum atomic E-state index is -0.308. The molecule has 2 rings (SSSR count). The zero-order valence-electron chi connectivity index (χ0n) is 13.3. The van der Waals surface area contributed by atoms with Gasteiger partial charge in [0.25, 0.3) is 0 Å². The fourth-order valence-corrected chi connectivity index (χ4v) is 2.42. The minimum absolute atomic E-state index is 0.154. The van der Waals surface area contributed by atoms with E-state index >= 15 is 0 Å². The molecule has 0 atom stereocenters. The topological polar surface area (TPSA) is 82.0 Å². The molecule has 2 amide bonds. The zero-order valence-corrected chi connectivity index (χ0v) is 14.9. The van der Waals surface area contributed by atoms with E-state index in [0.717, 1.165) is 15.6 Å². The Morgan fingerprint density at radius 3 is 2.60 bits per heavy atom. The third-order valence-corrected chi connectivity index (χ3v) is 3.72. The van der Waals surface area contributed by atoms with Gasteiger partial charge in [-0.1, -0.05) is 40.2 Å². The van der Waals surface area contributed by atoms with Gasteiger partial charge >= 0.3 is 0 Å². The Hall–Kier alpha value is -2.91. The summed E-state index contributed by atoms with van der Waals surface area (Å²) in [5.41, 5.74) is 2.47. The molecular formula is C19H16BrN3O2. The molecule has 0 saturated heterocycles. The molecule has 0 aliphatic carbocycles. The van der Waals surface area contributed by atoms with Crippen LogP contribution in [-0.4, -0.2) is 11.8 Å². The van der Waals surface area contributed by atoms with Crippen LogP contribution in [-0.2, 0) is 16.1 Å². The summed E-state index contributed by atoms with van der Waals surface area (Å²) in [4.78, 5) is 23.2. The van der Waals surface area contributed by atoms with Gasteiger partial charge in [-0.05, 0) is 41.5 Å². The zero-order chi connectivity index (χ0) is 18.1. The van der Waals surface area contributed by atoms with Crippen LogP contribution in [0.3, 0.4) is 0 Å². The first kappa shape index (κ1) is 18.4. The van der Waals surface area contributed by atoms with Crippen molar-refractivity contribution in [2.75, 3.05) is 5.32 Å². The summed E-state index contributed by atoms with van der Waals surface area (Å²) in [7, 11) is 0. The van der Waals surface area contributed by atoms with Gasteiger partial charge in [0, 0.05) is 22.8 Å². The number of nitrogens with zero attached hydrogens (tertiary/aromatic N) is 1. The second kappa shape index (κ2) is 9.40. The number of nitrogens with one attached hydrogen (secondary N) is 2. The quantitative estimate of drug-likeness (QED) is 0.730. The third-order valence-electron chi connectivity index (χ3n) is 3.23. The molecule has 0 heterocycles. The highest BCUT2D eigenvalue weighted by Crippen LogP contribution is 2.13. The normalized spacial score (nSPS) is 10.2. The summed E-state index contributed by atoms with van der Waals surface area (Å²) in [6, 6.07) is 16.6. The highest BCUT2D eigenvalue weighted by molar-refractivity contribution is 9.10. The van der Waals surface area contributed by atoms with Crippen LogP contribution in [0.25, 0.3) is 6.08 Å². The maximum absolute atomic E-state index is 11.9. The van der Waals surface area contributed by atoms with Gasteiger partial charge in [0.05, 0.1) is 6.07 Å². The van der Waals surface area contributed by atoms with Gasteiger partial charge < -0.3 is 10.6 Å². The van der Waals surface area contributed by atoms with Gasteiger partial charge in [0.15, 0.2) is 0 Å². The SMILES string of the molecule is N#CCC(=O)NCc1ccc(NC(=O)/C=C/c2cccc(Br)c2)cc1. The number of carbonyl (C=O) groups excluding carboxylic acids is 2. The number of hydrogen-bond acceptors (Lipinski definition) is 3. The van der Waals surface area contributed by atoms with E-state index in [9.17, 15) is 9.59 Å². The standard InChI is InChI=1S/C19H16BrN3O2/c20-16-3-1-2-14(12-16)6-9-19(25)23-17-7-4-15(5-8-17)13-22-18(24)10-11-21/h1-9,12H,10,13H2,(H,22,24)(H,23,25)/b9-6+. The molecule has 5 nitrogen and oxygen atoms in total. The van der Waals surface area contributed by atoms with Crippen molar-refractivity contribution in [3.05, 3.63) is 70.2 Å². The summed E-state index contributed by atoms with van der Waals surface area (Å²) in [6.07, 6.45) is 3.05. The van der Waals surface area contributed by atoms with Crippen LogP contribution < -0.4 is 10.6 Å². The fourth-order valence-electron chi connectivity index (χ4n) is 2.01. The largest absolute Gasteiger partial charge is 0.351 e. The summed E-state index contributed by atoms with van der Waals surface area (Å²) in [5.74, 6) is -0.535. The predicted molar refractivity (Wildman–Crippen MR) is 100 cm³/mol. The molecule has 0 radical (unpaired) electrons. The number of halogens is 1. The van der Waals surface area contributed by atoms with E-state index in [1.807, 2.05) is 24.3 Å². The van der Waals surface area contributed by atoms with Crippen LogP contribution in [0.1, 0.15) is 17.5 Å². The van der Waals surface area contributed by atoms with E-state index in [1.165, 1.54) is 6.08 Å². The Morgan fingerprint density at radius 1 is 1.16 bits per heavy atom. The average Bonchev–Trinajstić information content (AvgIpc) is 2.60. The van der Waals surface area contributed by atoms with E-state index in [2.05, 4.69) is 26.6 Å². The van der Waals surface area contributed by atoms with Crippen molar-refractivity contribution in [1.82, 2.24) is 5.32 Å². The van der Waals surface area contributed by atoms with Crippen LogP contribution >= 0.6 is 15.9 Å². The first-order valence-electron chi connectivity index (χ1n) is 7.54. The van der Waals surface area contributed by atoms with Crippen LogP contribution in [0.15, 0.2) is 59.1 Å². The number of anilines is 1. The molecule has 6 heteroatoms. The van der Waals surface area contributed by atoms with Crippen LogP contribution in [0.5, 0.6) is 0 Å². The summed E-state index contributed by atoms with van der Waals surface area (Å²) in [5, 5.41) is 13.8. The number of carbonyl (C=O) groups is 2. The second-order valence-corrected chi connectivity index (χ2v) is 6.10. The number of amides is 2. The molecule has 0 aromatic heterocycles. The molecule has 2 aromatic carbocycles. The number of rotatable bonds is 6. The Morgan fingerprint density at radius 2 is 1.92 bits per heavy atom. The van der Waals surface area contributed by atoms with Crippen LogP contribution in [0.2, 0.25) is 0 Å². The monoisotopic (exact) mass is 397 g/mol. The smallest absolute Gasteiger partial charge is 0.248 e. The highest BCUT2D eigenvalue weighted by atomic mass is 79.9. The molecule has 0 bridgehead atoms. The van der Waals surface area contributed by atoms with Crippen molar-refractivity contribution in [3.63, 3.8) is 0 Å². The molecule has 25 heavy (non-hydrogen) atoms. The lowest BCUT2D eigenvalue weighted by Crippen LogP contribution is -2.21. The van der Waals surface area contributed by atoms with Gasteiger partial charge in [-0.15, -0.1) is 0 Å². The van der Waals surface area contributed by atoms with Crippen LogP contribution in [0.4, 0.5) is 5.69 Å².